The minimum Gasteiger partial charge on any atom is -0.335 e. The van der Waals surface area contributed by atoms with Gasteiger partial charge in [-0.15, -0.1) is 0 Å². The van der Waals surface area contributed by atoms with Crippen LogP contribution in [0.5, 0.6) is 0 Å². The summed E-state index contributed by atoms with van der Waals surface area (Å²) in [6.45, 7) is 5.28. The van der Waals surface area contributed by atoms with Crippen LogP contribution in [0, 0.1) is 5.92 Å². The van der Waals surface area contributed by atoms with E-state index in [0.29, 0.717) is 19.6 Å². The van der Waals surface area contributed by atoms with Gasteiger partial charge >= 0.3 is 5.69 Å². The lowest BCUT2D eigenvalue weighted by atomic mass is 9.94. The van der Waals surface area contributed by atoms with Crippen molar-refractivity contribution in [2.75, 3.05) is 19.6 Å². The third-order valence-corrected chi connectivity index (χ3v) is 5.52. The molecule has 0 aliphatic carbocycles. The molecule has 3 aliphatic rings. The van der Waals surface area contributed by atoms with Crippen molar-refractivity contribution in [1.29, 1.82) is 0 Å². The molecule has 146 valence electrons. The molecule has 4 heterocycles. The average molecular weight is 374 g/mol. The molecule has 8 heteroatoms. The highest BCUT2D eigenvalue weighted by atomic mass is 16.2. The number of rotatable bonds is 3. The number of fused-ring (bicyclic) bond motifs is 4. The van der Waals surface area contributed by atoms with E-state index >= 15 is 0 Å². The Hall–Kier alpha value is -2.64. The smallest absolute Gasteiger partial charge is 0.331 e. The Morgan fingerprint density at radius 1 is 1.11 bits per heavy atom. The van der Waals surface area contributed by atoms with Gasteiger partial charge in [-0.1, -0.05) is 11.6 Å². The summed E-state index contributed by atoms with van der Waals surface area (Å²) in [5.41, 5.74) is 0.157. The molecule has 4 rings (SSSR count). The molecule has 0 spiro atoms. The van der Waals surface area contributed by atoms with Gasteiger partial charge in [0, 0.05) is 45.8 Å². The molecule has 0 N–H and O–H groups in total. The van der Waals surface area contributed by atoms with E-state index < -0.39 is 11.2 Å². The summed E-state index contributed by atoms with van der Waals surface area (Å²) < 4.78 is 2.16. The maximum atomic E-state index is 13.1. The van der Waals surface area contributed by atoms with Gasteiger partial charge in [-0.2, -0.15) is 0 Å². The van der Waals surface area contributed by atoms with E-state index in [9.17, 15) is 19.2 Å². The van der Waals surface area contributed by atoms with E-state index in [1.54, 1.807) is 4.90 Å². The summed E-state index contributed by atoms with van der Waals surface area (Å²) in [5.74, 6) is -0.528. The zero-order valence-electron chi connectivity index (χ0n) is 16.3. The van der Waals surface area contributed by atoms with Crippen LogP contribution in [0.25, 0.3) is 0 Å². The van der Waals surface area contributed by atoms with Crippen LogP contribution in [0.2, 0.25) is 0 Å². The van der Waals surface area contributed by atoms with Gasteiger partial charge in [0.25, 0.3) is 11.5 Å². The minimum atomic E-state index is -0.537. The molecule has 27 heavy (non-hydrogen) atoms. The number of hydrogen-bond donors (Lipinski definition) is 0. The van der Waals surface area contributed by atoms with Crippen molar-refractivity contribution in [2.45, 2.75) is 32.7 Å². The van der Waals surface area contributed by atoms with Gasteiger partial charge in [0.15, 0.2) is 0 Å². The molecule has 3 aliphatic heterocycles. The number of piperidine rings is 1. The van der Waals surface area contributed by atoms with E-state index in [0.717, 1.165) is 23.0 Å². The Labute approximate surface area is 157 Å². The topological polar surface area (TPSA) is 84.6 Å². The van der Waals surface area contributed by atoms with E-state index in [-0.39, 0.29) is 29.5 Å². The molecule has 0 saturated carbocycles. The quantitative estimate of drug-likeness (QED) is 0.703. The number of nitrogens with zero attached hydrogens (tertiary/aromatic N) is 4. The molecule has 1 aromatic rings. The predicted octanol–water partition coefficient (Wildman–Crippen LogP) is 0.113. The second-order valence-corrected chi connectivity index (χ2v) is 7.68. The Morgan fingerprint density at radius 2 is 1.81 bits per heavy atom. The normalized spacial score (nSPS) is 22.0. The molecule has 0 radical (unpaired) electrons. The predicted molar refractivity (Wildman–Crippen MR) is 100 cm³/mol. The molecular weight excluding hydrogens is 348 g/mol. The minimum absolute atomic E-state index is 0.0422. The Morgan fingerprint density at radius 3 is 2.48 bits per heavy atom. The molecule has 2 amide bonds. The lowest BCUT2D eigenvalue weighted by molar-refractivity contribution is -0.139. The monoisotopic (exact) mass is 374 g/mol. The molecule has 2 bridgehead atoms. The van der Waals surface area contributed by atoms with Crippen LogP contribution in [-0.4, -0.2) is 56.4 Å². The van der Waals surface area contributed by atoms with Crippen LogP contribution in [0.3, 0.4) is 0 Å². The second-order valence-electron chi connectivity index (χ2n) is 7.68. The van der Waals surface area contributed by atoms with Crippen molar-refractivity contribution in [3.63, 3.8) is 0 Å². The van der Waals surface area contributed by atoms with Crippen molar-refractivity contribution in [3.8, 4) is 0 Å². The van der Waals surface area contributed by atoms with Crippen LogP contribution in [0.4, 0.5) is 0 Å². The Kier molecular flexibility index (Phi) is 5.08. The van der Waals surface area contributed by atoms with E-state index in [1.807, 2.05) is 24.8 Å². The molecule has 3 fully saturated rings. The van der Waals surface area contributed by atoms with Crippen LogP contribution in [-0.2, 0) is 18.9 Å². The fourth-order valence-electron chi connectivity index (χ4n) is 3.83. The summed E-state index contributed by atoms with van der Waals surface area (Å²) >= 11 is 0. The zero-order valence-corrected chi connectivity index (χ0v) is 16.3. The number of carbonyl (C=O) groups excluding carboxylic acids is 2. The number of aromatic nitrogens is 2. The molecule has 0 aromatic carbocycles. The van der Waals surface area contributed by atoms with Gasteiger partial charge in [0.05, 0.1) is 5.92 Å². The molecule has 1 aromatic heterocycles. The Balaban J connectivity index is 1.91. The van der Waals surface area contributed by atoms with Crippen molar-refractivity contribution >= 4 is 11.8 Å². The zero-order chi connectivity index (χ0) is 19.9. The highest BCUT2D eigenvalue weighted by Gasteiger charge is 2.41. The Bertz CT molecular complexity index is 923. The van der Waals surface area contributed by atoms with Gasteiger partial charge in [-0.05, 0) is 26.7 Å². The molecule has 0 unspecified atom stereocenters. The summed E-state index contributed by atoms with van der Waals surface area (Å²) in [5, 5.41) is 0. The maximum absolute atomic E-state index is 13.1. The summed E-state index contributed by atoms with van der Waals surface area (Å²) in [4.78, 5) is 53.5. The highest BCUT2D eigenvalue weighted by molar-refractivity contribution is 5.93. The number of carbonyl (C=O) groups is 2. The number of amides is 2. The first kappa shape index (κ1) is 19.1. The number of hydrogen-bond acceptors (Lipinski definition) is 4. The molecule has 8 nitrogen and oxygen atoms in total. The molecule has 3 saturated heterocycles. The van der Waals surface area contributed by atoms with Crippen molar-refractivity contribution in [1.82, 2.24) is 18.9 Å². The van der Waals surface area contributed by atoms with Crippen molar-refractivity contribution in [2.24, 2.45) is 20.0 Å². The third-order valence-electron chi connectivity index (χ3n) is 5.52. The first-order chi connectivity index (χ1) is 12.7. The third kappa shape index (κ3) is 3.48. The van der Waals surface area contributed by atoms with Gasteiger partial charge in [0.2, 0.25) is 5.91 Å². The first-order valence-electron chi connectivity index (χ1n) is 9.21. The number of allylic oxidation sites excluding steroid dienone is 1. The maximum Gasteiger partial charge on any atom is 0.331 e. The summed E-state index contributed by atoms with van der Waals surface area (Å²) in [6, 6.07) is 1.15. The van der Waals surface area contributed by atoms with Crippen molar-refractivity contribution in [3.05, 3.63) is 44.2 Å². The fraction of sp³-hybridized carbons (Fsp3) is 0.579. The standard InChI is InChI=1S/C19H26N4O4/c1-12(2)7-8-23-14-6-5-13(17(23)25)10-22(11-14)18(26)15-9-16(24)21(4)19(27)20(15)3/h7,9,13-14H,5-6,8,10-11H2,1-4H3/t13-,14+/m1/s1. The highest BCUT2D eigenvalue weighted by Crippen LogP contribution is 2.29. The largest absolute Gasteiger partial charge is 0.335 e. The van der Waals surface area contributed by atoms with Crippen LogP contribution in [0.1, 0.15) is 37.2 Å². The van der Waals surface area contributed by atoms with Gasteiger partial charge < -0.3 is 9.80 Å². The summed E-state index contributed by atoms with van der Waals surface area (Å²) in [6.07, 6.45) is 3.63. The molecular formula is C19H26N4O4. The van der Waals surface area contributed by atoms with E-state index in [2.05, 4.69) is 0 Å². The SMILES string of the molecule is CC(C)=CCN1C(=O)[C@@H]2CC[C@H]1CN(C(=O)c1cc(=O)n(C)c(=O)n1C)C2. The lowest BCUT2D eigenvalue weighted by Crippen LogP contribution is -2.48. The summed E-state index contributed by atoms with van der Waals surface area (Å²) in [7, 11) is 2.86. The van der Waals surface area contributed by atoms with E-state index in [1.165, 1.54) is 24.7 Å². The van der Waals surface area contributed by atoms with Crippen LogP contribution < -0.4 is 11.2 Å². The average Bonchev–Trinajstić information content (AvgIpc) is 2.92. The van der Waals surface area contributed by atoms with Gasteiger partial charge in [0.1, 0.15) is 5.69 Å². The first-order valence-corrected chi connectivity index (χ1v) is 9.21. The van der Waals surface area contributed by atoms with E-state index in [4.69, 9.17) is 0 Å². The van der Waals surface area contributed by atoms with Crippen LogP contribution in [0.15, 0.2) is 27.3 Å². The lowest BCUT2D eigenvalue weighted by Gasteiger charge is -2.35. The van der Waals surface area contributed by atoms with Crippen molar-refractivity contribution < 1.29 is 9.59 Å². The van der Waals surface area contributed by atoms with Gasteiger partial charge in [-0.25, -0.2) is 4.79 Å². The second kappa shape index (κ2) is 7.17. The van der Waals surface area contributed by atoms with Gasteiger partial charge in [-0.3, -0.25) is 23.5 Å². The molecule has 2 atom stereocenters. The fourth-order valence-corrected chi connectivity index (χ4v) is 3.83. The van der Waals surface area contributed by atoms with Crippen LogP contribution >= 0.6 is 0 Å².